The van der Waals surface area contributed by atoms with Crippen molar-refractivity contribution in [2.45, 2.75) is 264 Å². The minimum absolute atomic E-state index is 0.0299. The third-order valence-corrected chi connectivity index (χ3v) is 13.4. The van der Waals surface area contributed by atoms with Gasteiger partial charge in [0.25, 0.3) is 0 Å². The van der Waals surface area contributed by atoms with E-state index < -0.39 is 25.9 Å². The minimum Gasteiger partial charge on any atom is -0.456 e. The van der Waals surface area contributed by atoms with Crippen LogP contribution in [0.1, 0.15) is 252 Å². The molecule has 69 heavy (non-hydrogen) atoms. The molecule has 10 heteroatoms. The molecule has 0 saturated carbocycles. The number of hydrogen-bond donors (Lipinski definition) is 2. The molecule has 9 nitrogen and oxygen atoms in total. The van der Waals surface area contributed by atoms with E-state index in [1.165, 1.54) is 141 Å². The van der Waals surface area contributed by atoms with Crippen LogP contribution in [0.25, 0.3) is 0 Å². The molecule has 0 spiro atoms. The fourth-order valence-electron chi connectivity index (χ4n) is 7.96. The zero-order valence-corrected chi connectivity index (χ0v) is 46.7. The molecule has 3 atom stereocenters. The van der Waals surface area contributed by atoms with Crippen molar-refractivity contribution < 1.29 is 37.3 Å². The average Bonchev–Trinajstić information content (AvgIpc) is 3.31. The van der Waals surface area contributed by atoms with Crippen LogP contribution < -0.4 is 5.32 Å². The quantitative estimate of drug-likeness (QED) is 0.0205. The van der Waals surface area contributed by atoms with E-state index in [1.807, 2.05) is 39.4 Å². The number of carbonyl (C=O) groups is 2. The lowest BCUT2D eigenvalue weighted by Crippen LogP contribution is -2.47. The highest BCUT2D eigenvalue weighted by molar-refractivity contribution is 7.47. The molecule has 0 aliphatic carbocycles. The molecule has 0 aromatic heterocycles. The zero-order valence-electron chi connectivity index (χ0n) is 45.8. The van der Waals surface area contributed by atoms with Crippen molar-refractivity contribution in [1.29, 1.82) is 0 Å². The van der Waals surface area contributed by atoms with Crippen molar-refractivity contribution in [3.8, 4) is 0 Å². The van der Waals surface area contributed by atoms with E-state index in [-0.39, 0.29) is 25.5 Å². The van der Waals surface area contributed by atoms with E-state index in [4.69, 9.17) is 13.8 Å². The highest BCUT2D eigenvalue weighted by atomic mass is 31.2. The third-order valence-electron chi connectivity index (χ3n) is 12.4. The van der Waals surface area contributed by atoms with E-state index in [0.717, 1.165) is 70.6 Å². The molecular weight excluding hydrogens is 880 g/mol. The van der Waals surface area contributed by atoms with Gasteiger partial charge in [-0.1, -0.05) is 217 Å². The van der Waals surface area contributed by atoms with Gasteiger partial charge in [0.1, 0.15) is 19.3 Å². The first kappa shape index (κ1) is 66.7. The highest BCUT2D eigenvalue weighted by Gasteiger charge is 2.30. The van der Waals surface area contributed by atoms with Crippen molar-refractivity contribution in [2.24, 2.45) is 0 Å². The van der Waals surface area contributed by atoms with Crippen LogP contribution in [0.2, 0.25) is 0 Å². The molecule has 0 aliphatic heterocycles. The molecular formula is C59H110N2O7P+. The van der Waals surface area contributed by atoms with E-state index in [0.29, 0.717) is 23.9 Å². The van der Waals surface area contributed by atoms with Gasteiger partial charge < -0.3 is 19.4 Å². The fourth-order valence-corrected chi connectivity index (χ4v) is 8.70. The molecule has 0 fully saturated rings. The lowest BCUT2D eigenvalue weighted by atomic mass is 10.0. The Morgan fingerprint density at radius 1 is 0.507 bits per heavy atom. The minimum atomic E-state index is -4.46. The molecule has 0 aromatic carbocycles. The summed E-state index contributed by atoms with van der Waals surface area (Å²) in [5.41, 5.74) is 0. The van der Waals surface area contributed by atoms with E-state index >= 15 is 0 Å². The van der Waals surface area contributed by atoms with E-state index in [2.05, 4.69) is 68.6 Å². The number of nitrogens with zero attached hydrogens (tertiary/aromatic N) is 1. The van der Waals surface area contributed by atoms with Crippen LogP contribution in [0, 0.1) is 0 Å². The molecule has 0 aromatic rings. The number of allylic oxidation sites excluding steroid dienone is 9. The molecule has 3 unspecified atom stereocenters. The van der Waals surface area contributed by atoms with Crippen LogP contribution in [0.3, 0.4) is 0 Å². The van der Waals surface area contributed by atoms with Gasteiger partial charge in [-0.2, -0.15) is 0 Å². The molecule has 0 radical (unpaired) electrons. The standard InChI is InChI=1S/C59H109N2O7P/c1-7-10-13-16-19-22-25-28-29-30-31-34-36-39-42-45-48-51-58(62)60-56(55-67-69(64,65)66-54-53-61(4,5)6)57(50-47-44-41-38-35-32-26-23-20-17-14-11-8-2)68-59(63)52-49-46-43-40-37-33-27-24-21-18-15-12-9-3/h19,22,28-29,33,37,43,46-47,50,56-57H,7-18,20-21,23-27,30-32,34-36,38-42,44-45,48-49,51-55H2,1-6H3,(H-,60,62,64,65)/p+1/b22-19-,29-28-,37-33-,46-43+,50-47-. The number of amides is 1. The number of nitrogens with one attached hydrogen (secondary N) is 1. The second-order valence-corrected chi connectivity index (χ2v) is 21.9. The van der Waals surface area contributed by atoms with Crippen molar-refractivity contribution in [1.82, 2.24) is 5.32 Å². The predicted octanol–water partition coefficient (Wildman–Crippen LogP) is 17.1. The number of phosphoric acid groups is 1. The maximum atomic E-state index is 13.5. The van der Waals surface area contributed by atoms with Crippen LogP contribution in [0.5, 0.6) is 0 Å². The molecule has 2 N–H and O–H groups in total. The largest absolute Gasteiger partial charge is 0.472 e. The lowest BCUT2D eigenvalue weighted by Gasteiger charge is -2.27. The van der Waals surface area contributed by atoms with Gasteiger partial charge in [0.2, 0.25) is 5.91 Å². The molecule has 1 amide bonds. The van der Waals surface area contributed by atoms with Gasteiger partial charge in [-0.3, -0.25) is 18.6 Å². The second kappa shape index (κ2) is 49.3. The monoisotopic (exact) mass is 990 g/mol. The fraction of sp³-hybridized carbons (Fsp3) is 0.797. The van der Waals surface area contributed by atoms with Crippen LogP contribution in [-0.2, 0) is 27.9 Å². The lowest BCUT2D eigenvalue weighted by molar-refractivity contribution is -0.870. The third kappa shape index (κ3) is 50.4. The predicted molar refractivity (Wildman–Crippen MR) is 295 cm³/mol. The zero-order chi connectivity index (χ0) is 50.8. The summed E-state index contributed by atoms with van der Waals surface area (Å²) >= 11 is 0. The Bertz CT molecular complexity index is 1370. The van der Waals surface area contributed by atoms with Gasteiger partial charge in [-0.15, -0.1) is 0 Å². The summed E-state index contributed by atoms with van der Waals surface area (Å²) in [5.74, 6) is -0.591. The van der Waals surface area contributed by atoms with Gasteiger partial charge in [-0.05, 0) is 83.1 Å². The molecule has 0 rings (SSSR count). The van der Waals surface area contributed by atoms with E-state index in [1.54, 1.807) is 0 Å². The van der Waals surface area contributed by atoms with Crippen molar-refractivity contribution in [2.75, 3.05) is 40.9 Å². The molecule has 402 valence electrons. The van der Waals surface area contributed by atoms with Crippen LogP contribution >= 0.6 is 7.82 Å². The first-order valence-electron chi connectivity index (χ1n) is 28.6. The maximum Gasteiger partial charge on any atom is 0.472 e. The Morgan fingerprint density at radius 2 is 0.899 bits per heavy atom. The Kier molecular flexibility index (Phi) is 47.7. The number of carbonyl (C=O) groups excluding carboxylic acids is 2. The summed E-state index contributed by atoms with van der Waals surface area (Å²) in [4.78, 5) is 37.5. The SMILES string of the molecule is CCCCC/C=C\C/C=C\CCCCCCCCCC(=O)NC(COP(=O)(O)OCC[N+](C)(C)C)C(/C=C\CCCCCCCCCCCCC)OC(=O)CC/C=C/C/C=C\CCCCCCCC. The number of phosphoric ester groups is 1. The summed E-state index contributed by atoms with van der Waals surface area (Å²) in [6.07, 6.45) is 60.8. The van der Waals surface area contributed by atoms with Crippen molar-refractivity contribution in [3.63, 3.8) is 0 Å². The topological polar surface area (TPSA) is 111 Å². The molecule has 0 saturated heterocycles. The first-order chi connectivity index (χ1) is 33.4. The maximum absolute atomic E-state index is 13.5. The highest BCUT2D eigenvalue weighted by Crippen LogP contribution is 2.43. The summed E-state index contributed by atoms with van der Waals surface area (Å²) in [6.45, 7) is 6.93. The summed E-state index contributed by atoms with van der Waals surface area (Å²) in [7, 11) is 1.46. The van der Waals surface area contributed by atoms with Gasteiger partial charge >= 0.3 is 13.8 Å². The van der Waals surface area contributed by atoms with Gasteiger partial charge in [0.05, 0.1) is 33.8 Å². The van der Waals surface area contributed by atoms with Crippen LogP contribution in [0.15, 0.2) is 60.8 Å². The first-order valence-corrected chi connectivity index (χ1v) is 30.1. The number of hydrogen-bond acceptors (Lipinski definition) is 6. The number of ether oxygens (including phenoxy) is 1. The Hall–Kier alpha value is -2.29. The van der Waals surface area contributed by atoms with Crippen molar-refractivity contribution in [3.05, 3.63) is 60.8 Å². The smallest absolute Gasteiger partial charge is 0.456 e. The number of likely N-dealkylation sites (N-methyl/N-ethyl adjacent to an activating group) is 1. The van der Waals surface area contributed by atoms with E-state index in [9.17, 15) is 19.0 Å². The average molecular weight is 991 g/mol. The van der Waals surface area contributed by atoms with Crippen molar-refractivity contribution >= 4 is 19.7 Å². The van der Waals surface area contributed by atoms with Gasteiger partial charge in [0, 0.05) is 12.8 Å². The number of quaternary nitrogens is 1. The molecule has 0 heterocycles. The number of rotatable bonds is 51. The Balaban J connectivity index is 5.44. The molecule has 0 aliphatic rings. The van der Waals surface area contributed by atoms with Crippen LogP contribution in [-0.4, -0.2) is 74.3 Å². The van der Waals surface area contributed by atoms with Gasteiger partial charge in [0.15, 0.2) is 0 Å². The summed E-state index contributed by atoms with van der Waals surface area (Å²) in [5, 5.41) is 3.03. The normalized spacial score (nSPS) is 14.2. The van der Waals surface area contributed by atoms with Gasteiger partial charge in [-0.25, -0.2) is 4.57 Å². The van der Waals surface area contributed by atoms with Crippen LogP contribution in [0.4, 0.5) is 0 Å². The Morgan fingerprint density at radius 3 is 1.36 bits per heavy atom. The molecule has 0 bridgehead atoms. The summed E-state index contributed by atoms with van der Waals surface area (Å²) < 4.78 is 30.5. The number of unbranched alkanes of at least 4 members (excludes halogenated alkanes) is 27. The number of esters is 1. The second-order valence-electron chi connectivity index (χ2n) is 20.5. The summed E-state index contributed by atoms with van der Waals surface area (Å²) in [6, 6.07) is -0.874. The Labute approximate surface area is 426 Å².